The van der Waals surface area contributed by atoms with Gasteiger partial charge >= 0.3 is 39.5 Å². The first-order valence-electron chi connectivity index (χ1n) is 45.3. The molecule has 4 unspecified atom stereocenters. The second kappa shape index (κ2) is 76.7. The maximum Gasteiger partial charge on any atom is 0.472 e. The van der Waals surface area contributed by atoms with Crippen molar-refractivity contribution in [3.05, 3.63) is 0 Å². The number of hydrogen-bond acceptors (Lipinski definition) is 15. The normalized spacial score (nSPS) is 14.4. The largest absolute Gasteiger partial charge is 0.472 e. The van der Waals surface area contributed by atoms with Gasteiger partial charge in [-0.25, -0.2) is 9.13 Å². The summed E-state index contributed by atoms with van der Waals surface area (Å²) in [6.07, 6.45) is 66.8. The molecule has 0 rings (SSSR count). The average molecular weight is 1560 g/mol. The van der Waals surface area contributed by atoms with Crippen LogP contribution in [0, 0.1) is 23.7 Å². The molecule has 0 radical (unpaired) electrons. The molecule has 0 heterocycles. The van der Waals surface area contributed by atoms with Crippen molar-refractivity contribution in [1.82, 2.24) is 0 Å². The summed E-state index contributed by atoms with van der Waals surface area (Å²) in [5.41, 5.74) is 0. The minimum absolute atomic E-state index is 0.105. The Morgan fingerprint density at radius 3 is 0.664 bits per heavy atom. The van der Waals surface area contributed by atoms with E-state index < -0.39 is 97.5 Å². The smallest absolute Gasteiger partial charge is 0.462 e. The molecule has 0 aliphatic carbocycles. The van der Waals surface area contributed by atoms with Gasteiger partial charge in [-0.05, 0) is 49.4 Å². The van der Waals surface area contributed by atoms with Gasteiger partial charge in [0.05, 0.1) is 26.4 Å². The van der Waals surface area contributed by atoms with Gasteiger partial charge in [0.25, 0.3) is 0 Å². The van der Waals surface area contributed by atoms with E-state index in [-0.39, 0.29) is 25.7 Å². The maximum atomic E-state index is 13.2. The number of rotatable bonds is 85. The molecule has 17 nitrogen and oxygen atoms in total. The van der Waals surface area contributed by atoms with Crippen LogP contribution in [-0.4, -0.2) is 96.7 Å². The molecule has 0 saturated heterocycles. The Kier molecular flexibility index (Phi) is 75.3. The predicted octanol–water partition coefficient (Wildman–Crippen LogP) is 26.7. The van der Waals surface area contributed by atoms with Crippen molar-refractivity contribution in [2.75, 3.05) is 39.6 Å². The molecule has 0 fully saturated rings. The molecule has 3 N–H and O–H groups in total. The van der Waals surface area contributed by atoms with E-state index in [1.54, 1.807) is 0 Å². The van der Waals surface area contributed by atoms with Crippen LogP contribution in [0.25, 0.3) is 0 Å². The summed E-state index contributed by atoms with van der Waals surface area (Å²) in [4.78, 5) is 73.2. The fraction of sp³-hybridized carbons (Fsp3) is 0.955. The van der Waals surface area contributed by atoms with E-state index in [4.69, 9.17) is 37.0 Å². The van der Waals surface area contributed by atoms with Gasteiger partial charge < -0.3 is 33.8 Å². The van der Waals surface area contributed by atoms with Gasteiger partial charge in [-0.15, -0.1) is 0 Å². The minimum Gasteiger partial charge on any atom is -0.462 e. The lowest BCUT2D eigenvalue weighted by molar-refractivity contribution is -0.161. The first-order valence-corrected chi connectivity index (χ1v) is 48.3. The summed E-state index contributed by atoms with van der Waals surface area (Å²) in [5.74, 6) is 1.08. The zero-order valence-corrected chi connectivity index (χ0v) is 72.6. The first-order chi connectivity index (χ1) is 51.7. The SMILES string of the molecule is CCC(C)CCCCCCCCCCCCCCCCCCCCC(=O)OC[C@H](COP(=O)(O)OC[C@@H](O)COP(=O)(O)OC[C@@H](COC(=O)CCCCCCCCC(C)CC)OC(=O)CCCCCCCCCCCCCC(C)C)OC(=O)CCCCCCCCCCCCCCCCCCCCC(C)C. The van der Waals surface area contributed by atoms with Gasteiger partial charge in [0.2, 0.25) is 0 Å². The molecular formula is C88H172O17P2. The predicted molar refractivity (Wildman–Crippen MR) is 441 cm³/mol. The standard InChI is InChI=1S/C88H172O17P2/c1-9-80(7)66-58-50-42-36-30-24-20-16-12-14-17-21-25-31-37-43-52-60-68-85(90)98-74-83(104-87(92)70-62-54-44-38-32-26-22-18-13-11-15-19-23-28-34-40-48-56-64-78(3)4)76-102-106(94,95)100-72-82(89)73-101-107(96,97)103-77-84(75-99-86(91)69-61-53-47-46-51-59-67-81(8)10-2)105-88(93)71-63-55-45-39-33-27-29-35-41-49-57-65-79(5)6/h78-84,89H,9-77H2,1-8H3,(H,94,95)(H,96,97)/t80?,81?,82-,83-,84-/m1/s1. The van der Waals surface area contributed by atoms with E-state index >= 15 is 0 Å². The zero-order valence-electron chi connectivity index (χ0n) is 70.8. The molecule has 0 saturated carbocycles. The van der Waals surface area contributed by atoms with Gasteiger partial charge in [-0.2, -0.15) is 0 Å². The van der Waals surface area contributed by atoms with E-state index in [0.717, 1.165) is 120 Å². The summed E-state index contributed by atoms with van der Waals surface area (Å²) in [6.45, 7) is 14.4. The minimum atomic E-state index is -4.97. The number of ether oxygens (including phenoxy) is 4. The van der Waals surface area contributed by atoms with Gasteiger partial charge in [0.15, 0.2) is 12.2 Å². The van der Waals surface area contributed by atoms with Crippen molar-refractivity contribution in [2.45, 2.75) is 478 Å². The van der Waals surface area contributed by atoms with Crippen molar-refractivity contribution in [3.8, 4) is 0 Å². The van der Waals surface area contributed by atoms with Gasteiger partial charge in [0.1, 0.15) is 19.3 Å². The highest BCUT2D eigenvalue weighted by atomic mass is 31.2. The van der Waals surface area contributed by atoms with Crippen LogP contribution in [-0.2, 0) is 65.4 Å². The number of carbonyl (C=O) groups is 4. The molecular weight excluding hydrogens is 1390 g/mol. The molecule has 19 heteroatoms. The number of aliphatic hydroxyl groups excluding tert-OH is 1. The third-order valence-electron chi connectivity index (χ3n) is 21.3. The highest BCUT2D eigenvalue weighted by Gasteiger charge is 2.31. The number of phosphoric ester groups is 2. The summed E-state index contributed by atoms with van der Waals surface area (Å²) in [7, 11) is -9.93. The Balaban J connectivity index is 5.21. The van der Waals surface area contributed by atoms with Crippen molar-refractivity contribution in [1.29, 1.82) is 0 Å². The van der Waals surface area contributed by atoms with Crippen molar-refractivity contribution < 1.29 is 80.2 Å². The molecule has 107 heavy (non-hydrogen) atoms. The Hall–Kier alpha value is -1.94. The fourth-order valence-electron chi connectivity index (χ4n) is 13.6. The second-order valence-corrected chi connectivity index (χ2v) is 36.0. The number of unbranched alkanes of at least 4 members (excludes halogenated alkanes) is 49. The Bertz CT molecular complexity index is 2080. The maximum absolute atomic E-state index is 13.2. The van der Waals surface area contributed by atoms with Crippen molar-refractivity contribution in [3.63, 3.8) is 0 Å². The molecule has 0 aliphatic rings. The van der Waals surface area contributed by atoms with E-state index in [0.29, 0.717) is 25.7 Å². The van der Waals surface area contributed by atoms with E-state index in [2.05, 4.69) is 55.4 Å². The molecule has 0 amide bonds. The van der Waals surface area contributed by atoms with Crippen LogP contribution >= 0.6 is 15.6 Å². The lowest BCUT2D eigenvalue weighted by atomic mass is 9.99. The number of phosphoric acid groups is 2. The quantitative estimate of drug-likeness (QED) is 0.0222. The number of hydrogen-bond donors (Lipinski definition) is 3. The molecule has 0 bridgehead atoms. The van der Waals surface area contributed by atoms with Gasteiger partial charge in [-0.3, -0.25) is 37.3 Å². The Morgan fingerprint density at radius 1 is 0.262 bits per heavy atom. The summed E-state index contributed by atoms with van der Waals surface area (Å²) in [6, 6.07) is 0. The second-order valence-electron chi connectivity index (χ2n) is 33.1. The summed E-state index contributed by atoms with van der Waals surface area (Å²) >= 11 is 0. The molecule has 0 aromatic carbocycles. The lowest BCUT2D eigenvalue weighted by Crippen LogP contribution is -2.30. The molecule has 0 spiro atoms. The number of aliphatic hydroxyl groups is 1. The lowest BCUT2D eigenvalue weighted by Gasteiger charge is -2.21. The third-order valence-corrected chi connectivity index (χ3v) is 23.2. The van der Waals surface area contributed by atoms with Crippen LogP contribution in [0.4, 0.5) is 0 Å². The fourth-order valence-corrected chi connectivity index (χ4v) is 15.2. The monoisotopic (exact) mass is 1560 g/mol. The van der Waals surface area contributed by atoms with Crippen LogP contribution in [0.1, 0.15) is 460 Å². The van der Waals surface area contributed by atoms with Crippen LogP contribution in [0.15, 0.2) is 0 Å². The Morgan fingerprint density at radius 2 is 0.449 bits per heavy atom. The highest BCUT2D eigenvalue weighted by Crippen LogP contribution is 2.45. The molecule has 7 atom stereocenters. The number of carbonyl (C=O) groups excluding carboxylic acids is 4. The van der Waals surface area contributed by atoms with Crippen LogP contribution in [0.3, 0.4) is 0 Å². The molecule has 0 aromatic heterocycles. The van der Waals surface area contributed by atoms with Crippen LogP contribution < -0.4 is 0 Å². The van der Waals surface area contributed by atoms with Crippen LogP contribution in [0.5, 0.6) is 0 Å². The van der Waals surface area contributed by atoms with Gasteiger partial charge in [0, 0.05) is 25.7 Å². The average Bonchev–Trinajstić information content (AvgIpc) is 0.903. The van der Waals surface area contributed by atoms with Crippen molar-refractivity contribution >= 4 is 39.5 Å². The topological polar surface area (TPSA) is 237 Å². The van der Waals surface area contributed by atoms with E-state index in [1.165, 1.54) is 257 Å². The first kappa shape index (κ1) is 105. The van der Waals surface area contributed by atoms with Gasteiger partial charge in [-0.1, -0.05) is 409 Å². The zero-order chi connectivity index (χ0) is 78.8. The Labute approximate surface area is 658 Å². The highest BCUT2D eigenvalue weighted by molar-refractivity contribution is 7.47. The number of esters is 4. The van der Waals surface area contributed by atoms with Crippen LogP contribution in [0.2, 0.25) is 0 Å². The van der Waals surface area contributed by atoms with E-state index in [1.807, 2.05) is 0 Å². The molecule has 636 valence electrons. The van der Waals surface area contributed by atoms with Crippen molar-refractivity contribution in [2.24, 2.45) is 23.7 Å². The van der Waals surface area contributed by atoms with E-state index in [9.17, 15) is 43.2 Å². The summed E-state index contributed by atoms with van der Waals surface area (Å²) in [5, 5.41) is 10.7. The summed E-state index contributed by atoms with van der Waals surface area (Å²) < 4.78 is 68.9. The third kappa shape index (κ3) is 79.1. The molecule has 0 aromatic rings. The molecule has 0 aliphatic heterocycles.